The van der Waals surface area contributed by atoms with Crippen LogP contribution in [0.1, 0.15) is 22.7 Å². The minimum absolute atomic E-state index is 0.440. The van der Waals surface area contributed by atoms with Gasteiger partial charge in [-0.3, -0.25) is 0 Å². The van der Waals surface area contributed by atoms with E-state index in [1.165, 1.54) is 22.2 Å². The van der Waals surface area contributed by atoms with Gasteiger partial charge in [0.15, 0.2) is 5.82 Å². The average Bonchev–Trinajstić information content (AvgIpc) is 3.36. The number of nitrogens with zero attached hydrogens (tertiary/aromatic N) is 4. The highest BCUT2D eigenvalue weighted by Gasteiger charge is 2.21. The Labute approximate surface area is 162 Å². The molecule has 0 saturated heterocycles. The lowest BCUT2D eigenvalue weighted by atomic mass is 10.2. The summed E-state index contributed by atoms with van der Waals surface area (Å²) in [5.41, 5.74) is 2.18. The average molecular weight is 401 g/mol. The number of fused-ring (bicyclic) bond motifs is 3. The van der Waals surface area contributed by atoms with Crippen LogP contribution in [0.15, 0.2) is 40.1 Å². The summed E-state index contributed by atoms with van der Waals surface area (Å²) in [6, 6.07) is 7.45. The topological polar surface area (TPSA) is 64.7 Å². The molecule has 3 heterocycles. The summed E-state index contributed by atoms with van der Waals surface area (Å²) in [4.78, 5) is 16.0. The quantitative estimate of drug-likeness (QED) is 0.347. The van der Waals surface area contributed by atoms with Gasteiger partial charge < -0.3 is 4.52 Å². The molecule has 0 fully saturated rings. The number of aryl methyl sites for hydroxylation is 2. The van der Waals surface area contributed by atoms with E-state index < -0.39 is 0 Å². The largest absolute Gasteiger partial charge is 0.334 e. The van der Waals surface area contributed by atoms with Crippen molar-refractivity contribution in [3.05, 3.63) is 51.9 Å². The van der Waals surface area contributed by atoms with Crippen molar-refractivity contribution in [2.24, 2.45) is 0 Å². The molecule has 26 heavy (non-hydrogen) atoms. The number of rotatable bonds is 4. The predicted molar refractivity (Wildman–Crippen MR) is 104 cm³/mol. The van der Waals surface area contributed by atoms with E-state index in [4.69, 9.17) is 16.1 Å². The maximum atomic E-state index is 6.20. The zero-order chi connectivity index (χ0) is 17.5. The van der Waals surface area contributed by atoms with E-state index >= 15 is 0 Å². The normalized spacial score (nSPS) is 13.4. The lowest BCUT2D eigenvalue weighted by molar-refractivity contribution is 0.425. The van der Waals surface area contributed by atoms with Gasteiger partial charge in [0, 0.05) is 10.3 Å². The van der Waals surface area contributed by atoms with Crippen LogP contribution in [0.3, 0.4) is 0 Å². The third kappa shape index (κ3) is 2.80. The molecule has 0 unspecified atom stereocenters. The van der Waals surface area contributed by atoms with E-state index in [2.05, 4.69) is 20.1 Å². The standard InChI is InChI=1S/C18H13ClN4OS2/c19-12-6-2-1-4-10(12)16-22-14(23-24-16)8-25-17-15-11-5-3-7-13(11)26-18(15)21-9-20-17/h1-2,4,6,9H,3,5,7-8H2. The van der Waals surface area contributed by atoms with Crippen molar-refractivity contribution in [3.63, 3.8) is 0 Å². The zero-order valence-electron chi connectivity index (χ0n) is 13.6. The SMILES string of the molecule is Clc1ccccc1-c1nc(CSc2ncnc3sc4c(c23)CCC4)no1. The van der Waals surface area contributed by atoms with Gasteiger partial charge in [-0.25, -0.2) is 9.97 Å². The van der Waals surface area contributed by atoms with Gasteiger partial charge in [-0.2, -0.15) is 4.98 Å². The van der Waals surface area contributed by atoms with Crippen LogP contribution in [0.2, 0.25) is 5.02 Å². The van der Waals surface area contributed by atoms with Crippen molar-refractivity contribution < 1.29 is 4.52 Å². The van der Waals surface area contributed by atoms with Crippen LogP contribution >= 0.6 is 34.7 Å². The van der Waals surface area contributed by atoms with Gasteiger partial charge in [0.2, 0.25) is 0 Å². The Kier molecular flexibility index (Phi) is 4.15. The summed E-state index contributed by atoms with van der Waals surface area (Å²) >= 11 is 9.62. The fourth-order valence-corrected chi connectivity index (χ4v) is 5.58. The molecular weight excluding hydrogens is 388 g/mol. The first-order valence-electron chi connectivity index (χ1n) is 8.25. The van der Waals surface area contributed by atoms with Crippen LogP contribution in [0, 0.1) is 0 Å². The molecule has 130 valence electrons. The molecule has 1 aliphatic carbocycles. The maximum absolute atomic E-state index is 6.20. The number of benzene rings is 1. The summed E-state index contributed by atoms with van der Waals surface area (Å²) in [5, 5.41) is 6.89. The Morgan fingerprint density at radius 1 is 1.19 bits per heavy atom. The minimum atomic E-state index is 0.440. The van der Waals surface area contributed by atoms with Crippen LogP contribution in [0.25, 0.3) is 21.7 Å². The van der Waals surface area contributed by atoms with E-state index in [1.807, 2.05) is 24.3 Å². The van der Waals surface area contributed by atoms with Crippen molar-refractivity contribution >= 4 is 44.9 Å². The Hall–Kier alpha value is -1.96. The van der Waals surface area contributed by atoms with Crippen molar-refractivity contribution in [1.82, 2.24) is 20.1 Å². The summed E-state index contributed by atoms with van der Waals surface area (Å²) in [5.74, 6) is 1.66. The van der Waals surface area contributed by atoms with Crippen LogP contribution < -0.4 is 0 Å². The number of thiophene rings is 1. The maximum Gasteiger partial charge on any atom is 0.259 e. The first-order valence-corrected chi connectivity index (χ1v) is 10.4. The molecule has 4 aromatic rings. The number of hydrogen-bond donors (Lipinski definition) is 0. The zero-order valence-corrected chi connectivity index (χ0v) is 16.0. The molecule has 3 aromatic heterocycles. The second kappa shape index (κ2) is 6.64. The van der Waals surface area contributed by atoms with Gasteiger partial charge in [-0.15, -0.1) is 11.3 Å². The van der Waals surface area contributed by atoms with Gasteiger partial charge in [-0.05, 0) is 37.0 Å². The van der Waals surface area contributed by atoms with Crippen LogP contribution in [0.5, 0.6) is 0 Å². The van der Waals surface area contributed by atoms with Crippen molar-refractivity contribution in [2.45, 2.75) is 30.0 Å². The number of hydrogen-bond acceptors (Lipinski definition) is 7. The molecular formula is C18H13ClN4OS2. The lowest BCUT2D eigenvalue weighted by Gasteiger charge is -2.01. The summed E-state index contributed by atoms with van der Waals surface area (Å²) in [6.07, 6.45) is 5.14. The Morgan fingerprint density at radius 2 is 2.12 bits per heavy atom. The predicted octanol–water partition coefficient (Wildman–Crippen LogP) is 5.18. The molecule has 0 bridgehead atoms. The molecule has 8 heteroatoms. The van der Waals surface area contributed by atoms with Gasteiger partial charge >= 0.3 is 0 Å². The Morgan fingerprint density at radius 3 is 3.04 bits per heavy atom. The minimum Gasteiger partial charge on any atom is -0.334 e. The highest BCUT2D eigenvalue weighted by molar-refractivity contribution is 7.98. The van der Waals surface area contributed by atoms with Gasteiger partial charge in [0.25, 0.3) is 5.89 Å². The highest BCUT2D eigenvalue weighted by atomic mass is 35.5. The first kappa shape index (κ1) is 16.2. The summed E-state index contributed by atoms with van der Waals surface area (Å²) in [7, 11) is 0. The number of aromatic nitrogens is 4. The van der Waals surface area contributed by atoms with Crippen LogP contribution in [0.4, 0.5) is 0 Å². The van der Waals surface area contributed by atoms with E-state index in [9.17, 15) is 0 Å². The molecule has 0 amide bonds. The smallest absolute Gasteiger partial charge is 0.259 e. The second-order valence-corrected chi connectivity index (χ2v) is 8.46. The fourth-order valence-electron chi connectivity index (χ4n) is 3.20. The monoisotopic (exact) mass is 400 g/mol. The van der Waals surface area contributed by atoms with Crippen molar-refractivity contribution in [2.75, 3.05) is 0 Å². The Bertz CT molecular complexity index is 1110. The molecule has 0 saturated carbocycles. The molecule has 0 spiro atoms. The van der Waals surface area contributed by atoms with E-state index in [-0.39, 0.29) is 0 Å². The van der Waals surface area contributed by atoms with Crippen molar-refractivity contribution in [3.8, 4) is 11.5 Å². The van der Waals surface area contributed by atoms with E-state index in [0.717, 1.165) is 28.3 Å². The van der Waals surface area contributed by atoms with Gasteiger partial charge in [0.1, 0.15) is 16.2 Å². The number of thioether (sulfide) groups is 1. The van der Waals surface area contributed by atoms with E-state index in [0.29, 0.717) is 22.5 Å². The first-order chi connectivity index (χ1) is 12.8. The molecule has 0 radical (unpaired) electrons. The third-order valence-corrected chi connectivity index (χ3v) is 6.89. The Balaban J connectivity index is 1.41. The van der Waals surface area contributed by atoms with Gasteiger partial charge in [0.05, 0.1) is 16.3 Å². The molecule has 1 aromatic carbocycles. The van der Waals surface area contributed by atoms with Crippen LogP contribution in [-0.4, -0.2) is 20.1 Å². The van der Waals surface area contributed by atoms with Crippen molar-refractivity contribution in [1.29, 1.82) is 0 Å². The molecule has 0 aliphatic heterocycles. The second-order valence-electron chi connectivity index (χ2n) is 6.00. The third-order valence-electron chi connectivity index (χ3n) is 4.38. The molecule has 0 N–H and O–H groups in total. The summed E-state index contributed by atoms with van der Waals surface area (Å²) in [6.45, 7) is 0. The molecule has 0 atom stereocenters. The summed E-state index contributed by atoms with van der Waals surface area (Å²) < 4.78 is 5.38. The van der Waals surface area contributed by atoms with E-state index in [1.54, 1.807) is 29.4 Å². The number of halogens is 1. The molecule has 5 nitrogen and oxygen atoms in total. The highest BCUT2D eigenvalue weighted by Crippen LogP contribution is 2.40. The van der Waals surface area contributed by atoms with Gasteiger partial charge in [-0.1, -0.05) is 40.7 Å². The molecule has 1 aliphatic rings. The van der Waals surface area contributed by atoms with Crippen LogP contribution in [-0.2, 0) is 18.6 Å². The lowest BCUT2D eigenvalue weighted by Crippen LogP contribution is -1.89. The fraction of sp³-hybridized carbons (Fsp3) is 0.222. The molecule has 5 rings (SSSR count).